The maximum atomic E-state index is 10.2. The third-order valence-corrected chi connectivity index (χ3v) is 7.76. The highest BCUT2D eigenvalue weighted by Gasteiger charge is 2.37. The zero-order valence-corrected chi connectivity index (χ0v) is 14.5. The van der Waals surface area contributed by atoms with Crippen molar-refractivity contribution >= 4 is 8.32 Å². The Morgan fingerprint density at radius 2 is 1.79 bits per heavy atom. The molecule has 0 spiro atoms. The van der Waals surface area contributed by atoms with E-state index in [9.17, 15) is 9.90 Å². The van der Waals surface area contributed by atoms with E-state index in [4.69, 9.17) is 4.74 Å². The first-order valence-electron chi connectivity index (χ1n) is 7.69. The summed E-state index contributed by atoms with van der Waals surface area (Å²) in [5, 5.41) is 9.82. The van der Waals surface area contributed by atoms with Crippen LogP contribution in [-0.2, 0) is 4.74 Å². The zero-order valence-electron chi connectivity index (χ0n) is 13.5. The zero-order chi connectivity index (χ0) is 14.9. The van der Waals surface area contributed by atoms with Gasteiger partial charge in [-0.2, -0.15) is 0 Å². The van der Waals surface area contributed by atoms with Gasteiger partial charge in [-0.25, -0.2) is 0 Å². The van der Waals surface area contributed by atoms with Crippen molar-refractivity contribution in [1.29, 1.82) is 0 Å². The second-order valence-corrected chi connectivity index (χ2v) is 11.2. The summed E-state index contributed by atoms with van der Waals surface area (Å²) in [7, 11) is -2.08. The fourth-order valence-corrected chi connectivity index (χ4v) is 2.59. The molecule has 19 heavy (non-hydrogen) atoms. The van der Waals surface area contributed by atoms with Crippen molar-refractivity contribution < 1.29 is 14.6 Å². The standard InChI is InChI=1S/C15H34O3Si/c1-6-7-12-18-13-14(16)10-8-9-11-15(2,3)19(4,5)17/h14,16-17H,6-13H2,1-5H3/t14-/m1/s1. The van der Waals surface area contributed by atoms with Crippen LogP contribution in [0.3, 0.4) is 0 Å². The van der Waals surface area contributed by atoms with Gasteiger partial charge in [0, 0.05) is 6.61 Å². The highest BCUT2D eigenvalue weighted by Crippen LogP contribution is 2.40. The maximum absolute atomic E-state index is 10.2. The highest BCUT2D eigenvalue weighted by molar-refractivity contribution is 6.72. The van der Waals surface area contributed by atoms with Crippen molar-refractivity contribution in [3.63, 3.8) is 0 Å². The third-order valence-electron chi connectivity index (χ3n) is 4.20. The Kier molecular flexibility index (Phi) is 9.16. The van der Waals surface area contributed by atoms with Crippen molar-refractivity contribution in [3.05, 3.63) is 0 Å². The molecule has 0 aromatic heterocycles. The van der Waals surface area contributed by atoms with Gasteiger partial charge in [-0.3, -0.25) is 0 Å². The number of rotatable bonds is 11. The molecule has 0 aromatic rings. The largest absolute Gasteiger partial charge is 0.432 e. The van der Waals surface area contributed by atoms with Crippen LogP contribution in [0.2, 0.25) is 18.1 Å². The number of ether oxygens (including phenoxy) is 1. The molecule has 0 heterocycles. The molecule has 0 aliphatic heterocycles. The van der Waals surface area contributed by atoms with Gasteiger partial charge < -0.3 is 14.6 Å². The minimum absolute atomic E-state index is 0.0512. The molecular weight excluding hydrogens is 256 g/mol. The molecule has 3 nitrogen and oxygen atoms in total. The summed E-state index contributed by atoms with van der Waals surface area (Å²) < 4.78 is 5.40. The fourth-order valence-electron chi connectivity index (χ4n) is 1.80. The Bertz CT molecular complexity index is 224. The number of hydrogen-bond donors (Lipinski definition) is 2. The molecule has 0 saturated carbocycles. The number of unbranched alkanes of at least 4 members (excludes halogenated alkanes) is 2. The minimum atomic E-state index is -2.08. The lowest BCUT2D eigenvalue weighted by molar-refractivity contribution is 0.0301. The second-order valence-electron chi connectivity index (χ2n) is 6.77. The molecule has 0 unspecified atom stereocenters. The van der Waals surface area contributed by atoms with Crippen LogP contribution in [0.1, 0.15) is 59.3 Å². The van der Waals surface area contributed by atoms with Gasteiger partial charge in [0.2, 0.25) is 0 Å². The van der Waals surface area contributed by atoms with Crippen LogP contribution in [-0.4, -0.2) is 37.5 Å². The highest BCUT2D eigenvalue weighted by atomic mass is 28.4. The number of aliphatic hydroxyl groups excluding tert-OH is 1. The van der Waals surface area contributed by atoms with E-state index in [0.717, 1.165) is 45.1 Å². The topological polar surface area (TPSA) is 49.7 Å². The molecule has 0 saturated heterocycles. The predicted octanol–water partition coefficient (Wildman–Crippen LogP) is 3.70. The van der Waals surface area contributed by atoms with Crippen LogP contribution in [0.25, 0.3) is 0 Å². The van der Waals surface area contributed by atoms with E-state index in [1.54, 1.807) is 0 Å². The normalized spacial score (nSPS) is 14.7. The van der Waals surface area contributed by atoms with Crippen molar-refractivity contribution in [3.8, 4) is 0 Å². The van der Waals surface area contributed by atoms with Gasteiger partial charge in [-0.05, 0) is 37.4 Å². The quantitative estimate of drug-likeness (QED) is 0.450. The first-order chi connectivity index (χ1) is 8.70. The van der Waals surface area contributed by atoms with Crippen LogP contribution in [0.15, 0.2) is 0 Å². The molecule has 0 radical (unpaired) electrons. The molecule has 0 aromatic carbocycles. The van der Waals surface area contributed by atoms with E-state index in [-0.39, 0.29) is 11.1 Å². The first-order valence-corrected chi connectivity index (χ1v) is 10.6. The lowest BCUT2D eigenvalue weighted by Gasteiger charge is -2.35. The van der Waals surface area contributed by atoms with E-state index in [1.165, 1.54) is 0 Å². The average molecular weight is 291 g/mol. The summed E-state index contributed by atoms with van der Waals surface area (Å²) in [5.74, 6) is 0. The van der Waals surface area contributed by atoms with Gasteiger partial charge in [-0.15, -0.1) is 0 Å². The van der Waals surface area contributed by atoms with E-state index in [0.29, 0.717) is 6.61 Å². The van der Waals surface area contributed by atoms with E-state index >= 15 is 0 Å². The molecule has 0 aliphatic rings. The summed E-state index contributed by atoms with van der Waals surface area (Å²) in [6, 6.07) is 0. The Labute approximate surface area is 120 Å². The molecular formula is C15H34O3Si. The van der Waals surface area contributed by atoms with Crippen LogP contribution in [0.4, 0.5) is 0 Å². The van der Waals surface area contributed by atoms with Crippen LogP contribution in [0.5, 0.6) is 0 Å². The molecule has 116 valence electrons. The van der Waals surface area contributed by atoms with Crippen LogP contribution < -0.4 is 0 Å². The number of hydrogen-bond acceptors (Lipinski definition) is 3. The van der Waals surface area contributed by atoms with Gasteiger partial charge in [-0.1, -0.05) is 40.0 Å². The SMILES string of the molecule is CCCCOC[C@H](O)CCCCC(C)(C)[Si](C)(C)O. The van der Waals surface area contributed by atoms with Crippen LogP contribution >= 0.6 is 0 Å². The fraction of sp³-hybridized carbons (Fsp3) is 1.00. The van der Waals surface area contributed by atoms with Gasteiger partial charge in [0.05, 0.1) is 12.7 Å². The molecule has 4 heteroatoms. The molecule has 0 amide bonds. The molecule has 0 rings (SSSR count). The molecule has 0 aliphatic carbocycles. The lowest BCUT2D eigenvalue weighted by atomic mass is 10.0. The molecule has 2 N–H and O–H groups in total. The smallest absolute Gasteiger partial charge is 0.188 e. The maximum Gasteiger partial charge on any atom is 0.188 e. The summed E-state index contributed by atoms with van der Waals surface area (Å²) >= 11 is 0. The predicted molar refractivity (Wildman–Crippen MR) is 83.9 cm³/mol. The first kappa shape index (κ1) is 19.1. The van der Waals surface area contributed by atoms with Crippen molar-refractivity contribution in [2.24, 2.45) is 0 Å². The summed E-state index contributed by atoms with van der Waals surface area (Å²) in [6.07, 6.45) is 5.77. The van der Waals surface area contributed by atoms with Crippen molar-refractivity contribution in [1.82, 2.24) is 0 Å². The van der Waals surface area contributed by atoms with Gasteiger partial charge in [0.25, 0.3) is 0 Å². The van der Waals surface area contributed by atoms with E-state index < -0.39 is 8.32 Å². The van der Waals surface area contributed by atoms with E-state index in [1.807, 2.05) is 13.1 Å². The lowest BCUT2D eigenvalue weighted by Crippen LogP contribution is -2.38. The second kappa shape index (κ2) is 9.11. The summed E-state index contributed by atoms with van der Waals surface area (Å²) in [6.45, 7) is 11.7. The van der Waals surface area contributed by atoms with E-state index in [2.05, 4.69) is 20.8 Å². The number of aliphatic hydroxyl groups is 1. The Morgan fingerprint density at radius 1 is 1.16 bits per heavy atom. The van der Waals surface area contributed by atoms with Crippen LogP contribution in [0, 0.1) is 0 Å². The van der Waals surface area contributed by atoms with Crippen molar-refractivity contribution in [2.75, 3.05) is 13.2 Å². The molecule has 1 atom stereocenters. The Hall–Kier alpha value is 0.0969. The average Bonchev–Trinajstić information content (AvgIpc) is 2.29. The monoisotopic (exact) mass is 290 g/mol. The Balaban J connectivity index is 3.63. The Morgan fingerprint density at radius 3 is 2.32 bits per heavy atom. The summed E-state index contributed by atoms with van der Waals surface area (Å²) in [4.78, 5) is 10.2. The molecule has 0 fully saturated rings. The van der Waals surface area contributed by atoms with Crippen molar-refractivity contribution in [2.45, 2.75) is 83.5 Å². The summed E-state index contributed by atoms with van der Waals surface area (Å²) in [5.41, 5.74) is 0. The third kappa shape index (κ3) is 8.79. The minimum Gasteiger partial charge on any atom is -0.432 e. The van der Waals surface area contributed by atoms with Gasteiger partial charge in [0.15, 0.2) is 8.32 Å². The van der Waals surface area contributed by atoms with Gasteiger partial charge in [0.1, 0.15) is 0 Å². The van der Waals surface area contributed by atoms with Gasteiger partial charge >= 0.3 is 0 Å². The molecule has 0 bridgehead atoms.